The van der Waals surface area contributed by atoms with Gasteiger partial charge in [0.25, 0.3) is 5.91 Å². The van der Waals surface area contributed by atoms with E-state index in [1.807, 2.05) is 127 Å². The molecule has 2 aliphatic heterocycles. The fourth-order valence-electron chi connectivity index (χ4n) is 6.48. The zero-order valence-corrected chi connectivity index (χ0v) is 21.6. The van der Waals surface area contributed by atoms with Crippen molar-refractivity contribution in [2.75, 3.05) is 4.90 Å². The molecular weight excluding hydrogens is 496 g/mol. The molecule has 2 heterocycles. The molecule has 6 rings (SSSR count). The number of hydroxylamine groups is 2. The van der Waals surface area contributed by atoms with Crippen molar-refractivity contribution in [1.29, 1.82) is 10.5 Å². The average molecular weight is 523 g/mol. The van der Waals surface area contributed by atoms with Gasteiger partial charge in [-0.15, -0.1) is 0 Å². The third-order valence-electron chi connectivity index (χ3n) is 8.11. The molecule has 6 heteroatoms. The fourth-order valence-corrected chi connectivity index (χ4v) is 6.48. The highest BCUT2D eigenvalue weighted by atomic mass is 16.5. The highest BCUT2D eigenvalue weighted by molar-refractivity contribution is 6.08. The molecule has 0 aromatic heterocycles. The van der Waals surface area contributed by atoms with Crippen LogP contribution in [0, 0.1) is 28.6 Å². The van der Waals surface area contributed by atoms with Crippen LogP contribution in [0.25, 0.3) is 0 Å². The molecule has 0 radical (unpaired) electrons. The Morgan fingerprint density at radius 2 is 1.35 bits per heavy atom. The minimum Gasteiger partial charge on any atom is -0.312 e. The van der Waals surface area contributed by atoms with Gasteiger partial charge in [-0.3, -0.25) is 4.79 Å². The van der Waals surface area contributed by atoms with Crippen LogP contribution in [0.3, 0.4) is 0 Å². The van der Waals surface area contributed by atoms with E-state index in [4.69, 9.17) is 0 Å². The van der Waals surface area contributed by atoms with Gasteiger partial charge in [0.15, 0.2) is 5.54 Å². The highest BCUT2D eigenvalue weighted by Crippen LogP contribution is 2.63. The molecule has 6 nitrogen and oxygen atoms in total. The second kappa shape index (κ2) is 10.3. The van der Waals surface area contributed by atoms with Crippen molar-refractivity contribution < 1.29 is 10.0 Å². The molecule has 1 amide bonds. The van der Waals surface area contributed by atoms with Crippen molar-refractivity contribution in [3.8, 4) is 12.1 Å². The van der Waals surface area contributed by atoms with Crippen LogP contribution in [0.15, 0.2) is 127 Å². The number of carbonyl (C=O) groups excluding carboxylic acids is 1. The Kier molecular flexibility index (Phi) is 6.50. The number of nitriles is 2. The number of nitrogens with zero attached hydrogens (tertiary/aromatic N) is 4. The van der Waals surface area contributed by atoms with Gasteiger partial charge in [-0.1, -0.05) is 109 Å². The lowest BCUT2D eigenvalue weighted by Crippen LogP contribution is -2.51. The minimum atomic E-state index is -1.56. The van der Waals surface area contributed by atoms with Crippen LogP contribution in [-0.2, 0) is 16.9 Å². The lowest BCUT2D eigenvalue weighted by molar-refractivity contribution is -0.190. The largest absolute Gasteiger partial charge is 0.312 e. The number of allylic oxidation sites excluding steroid dienone is 1. The number of fused-ring (bicyclic) bond motifs is 2. The summed E-state index contributed by atoms with van der Waals surface area (Å²) in [6.45, 7) is 0.318. The normalized spacial score (nSPS) is 23.4. The first kappa shape index (κ1) is 25.3. The maximum Gasteiger partial charge on any atom is 0.255 e. The first-order chi connectivity index (χ1) is 19.6. The van der Waals surface area contributed by atoms with E-state index in [-0.39, 0.29) is 11.5 Å². The summed E-state index contributed by atoms with van der Waals surface area (Å²) in [5.41, 5.74) is 2.36. The van der Waals surface area contributed by atoms with E-state index in [1.54, 1.807) is 11.0 Å². The smallest absolute Gasteiger partial charge is 0.255 e. The van der Waals surface area contributed by atoms with Crippen LogP contribution >= 0.6 is 0 Å². The molecule has 0 saturated carbocycles. The number of hydrogen-bond donors (Lipinski definition) is 1. The molecule has 4 atom stereocenters. The maximum absolute atomic E-state index is 14.9. The number of carbonyl (C=O) groups is 1. The van der Waals surface area contributed by atoms with Crippen LogP contribution in [0.5, 0.6) is 0 Å². The van der Waals surface area contributed by atoms with Crippen molar-refractivity contribution >= 4 is 11.6 Å². The first-order valence-corrected chi connectivity index (χ1v) is 13.2. The molecule has 4 aromatic carbocycles. The Morgan fingerprint density at radius 1 is 0.800 bits per heavy atom. The van der Waals surface area contributed by atoms with Gasteiger partial charge in [0.2, 0.25) is 0 Å². The summed E-state index contributed by atoms with van der Waals surface area (Å²) in [6, 6.07) is 39.9. The van der Waals surface area contributed by atoms with Gasteiger partial charge in [0.05, 0.1) is 12.6 Å². The third-order valence-corrected chi connectivity index (χ3v) is 8.11. The van der Waals surface area contributed by atoms with Crippen molar-refractivity contribution in [3.63, 3.8) is 0 Å². The maximum atomic E-state index is 14.9. The quantitative estimate of drug-likeness (QED) is 0.313. The molecule has 1 N–H and O–H groups in total. The Bertz CT molecular complexity index is 1640. The molecule has 1 spiro atoms. The van der Waals surface area contributed by atoms with Gasteiger partial charge in [0, 0.05) is 23.1 Å². The molecule has 1 saturated heterocycles. The van der Waals surface area contributed by atoms with Crippen molar-refractivity contribution in [2.24, 2.45) is 5.92 Å². The molecule has 0 aliphatic carbocycles. The van der Waals surface area contributed by atoms with Crippen molar-refractivity contribution in [3.05, 3.63) is 149 Å². The van der Waals surface area contributed by atoms with Crippen LogP contribution in [0.2, 0.25) is 0 Å². The van der Waals surface area contributed by atoms with Gasteiger partial charge < -0.3 is 10.1 Å². The summed E-state index contributed by atoms with van der Waals surface area (Å²) in [6.07, 6.45) is 1.59. The zero-order chi connectivity index (χ0) is 27.7. The Balaban J connectivity index is 1.64. The summed E-state index contributed by atoms with van der Waals surface area (Å²) in [5, 5.41) is 33.2. The van der Waals surface area contributed by atoms with E-state index in [0.717, 1.165) is 16.7 Å². The van der Waals surface area contributed by atoms with Gasteiger partial charge >= 0.3 is 0 Å². The topological polar surface area (TPSA) is 91.4 Å². The van der Waals surface area contributed by atoms with E-state index in [1.165, 1.54) is 5.06 Å². The second-order valence-corrected chi connectivity index (χ2v) is 10.1. The minimum absolute atomic E-state index is 0.0980. The van der Waals surface area contributed by atoms with E-state index in [2.05, 4.69) is 0 Å². The molecule has 0 unspecified atom stereocenters. The number of anilines is 1. The fraction of sp³-hybridized carbons (Fsp3) is 0.147. The van der Waals surface area contributed by atoms with E-state index < -0.39 is 23.4 Å². The lowest BCUT2D eigenvalue weighted by atomic mass is 9.71. The van der Waals surface area contributed by atoms with E-state index in [0.29, 0.717) is 17.8 Å². The van der Waals surface area contributed by atoms with Gasteiger partial charge in [0.1, 0.15) is 17.7 Å². The number of rotatable bonds is 5. The second-order valence-electron chi connectivity index (χ2n) is 10.1. The molecule has 194 valence electrons. The molecule has 1 fully saturated rings. The monoisotopic (exact) mass is 522 g/mol. The molecule has 0 bridgehead atoms. The molecule has 4 aromatic rings. The standard InChI is InChI=1S/C34H26N4O2/c35-21-25(22-36)20-29-31(26-14-6-2-7-15-26)32(27-16-8-3-9-17-27)38(40)34(29)28-18-10-11-19-30(28)37(33(34)39)23-24-12-4-1-5-13-24/h1-20,29,31-32,40H,23H2/t29-,31-,32+,34-/m1/s1. The molecule has 2 aliphatic rings. The number of amides is 1. The summed E-state index contributed by atoms with van der Waals surface area (Å²) >= 11 is 0. The number of benzene rings is 4. The van der Waals surface area contributed by atoms with Gasteiger partial charge in [-0.2, -0.15) is 15.6 Å². The highest BCUT2D eigenvalue weighted by Gasteiger charge is 2.68. The predicted molar refractivity (Wildman–Crippen MR) is 151 cm³/mol. The summed E-state index contributed by atoms with van der Waals surface area (Å²) in [4.78, 5) is 16.6. The summed E-state index contributed by atoms with van der Waals surface area (Å²) in [7, 11) is 0. The van der Waals surface area contributed by atoms with Crippen LogP contribution < -0.4 is 4.90 Å². The zero-order valence-electron chi connectivity index (χ0n) is 21.6. The van der Waals surface area contributed by atoms with Gasteiger partial charge in [-0.25, -0.2) is 0 Å². The Hall–Kier alpha value is -5.01. The Morgan fingerprint density at radius 3 is 1.98 bits per heavy atom. The van der Waals surface area contributed by atoms with Crippen molar-refractivity contribution in [1.82, 2.24) is 5.06 Å². The van der Waals surface area contributed by atoms with E-state index in [9.17, 15) is 20.5 Å². The third kappa shape index (κ3) is 3.82. The SMILES string of the molecule is N#CC(C#N)=C[C@@H]1[C@@H](c2ccccc2)[C@H](c2ccccc2)N(O)[C@@]12C(=O)N(Cc1ccccc1)c1ccccc12. The van der Waals surface area contributed by atoms with Crippen molar-refractivity contribution in [2.45, 2.75) is 24.0 Å². The lowest BCUT2D eigenvalue weighted by Gasteiger charge is -2.35. The van der Waals surface area contributed by atoms with Crippen LogP contribution in [0.1, 0.15) is 34.2 Å². The summed E-state index contributed by atoms with van der Waals surface area (Å²) < 4.78 is 0. The van der Waals surface area contributed by atoms with E-state index >= 15 is 0 Å². The predicted octanol–water partition coefficient (Wildman–Crippen LogP) is 6.25. The number of hydrogen-bond acceptors (Lipinski definition) is 5. The number of para-hydroxylation sites is 1. The van der Waals surface area contributed by atoms with Crippen LogP contribution in [0.4, 0.5) is 5.69 Å². The van der Waals surface area contributed by atoms with Crippen LogP contribution in [-0.4, -0.2) is 16.2 Å². The average Bonchev–Trinajstić information content (AvgIpc) is 3.41. The molecular formula is C34H26N4O2. The summed E-state index contributed by atoms with van der Waals surface area (Å²) in [5.74, 6) is -1.47. The van der Waals surface area contributed by atoms with Gasteiger partial charge in [-0.05, 0) is 28.8 Å². The first-order valence-electron chi connectivity index (χ1n) is 13.2. The molecule has 40 heavy (non-hydrogen) atoms. The Labute approximate surface area is 233 Å².